The summed E-state index contributed by atoms with van der Waals surface area (Å²) in [7, 11) is 0. The Morgan fingerprint density at radius 3 is 2.67 bits per heavy atom. The Hall–Kier alpha value is -2.08. The number of aryl methyl sites for hydroxylation is 1. The minimum atomic E-state index is -0.830. The van der Waals surface area contributed by atoms with E-state index in [4.69, 9.17) is 9.84 Å². The monoisotopic (exact) mass is 332 g/mol. The van der Waals surface area contributed by atoms with E-state index in [1.54, 1.807) is 4.90 Å². The van der Waals surface area contributed by atoms with Crippen molar-refractivity contribution < 1.29 is 19.4 Å². The van der Waals surface area contributed by atoms with Gasteiger partial charge >= 0.3 is 12.0 Å². The van der Waals surface area contributed by atoms with Crippen molar-refractivity contribution in [1.29, 1.82) is 0 Å². The quantitative estimate of drug-likeness (QED) is 0.890. The van der Waals surface area contributed by atoms with Gasteiger partial charge in [0.2, 0.25) is 0 Å². The molecule has 0 aliphatic carbocycles. The van der Waals surface area contributed by atoms with E-state index in [0.29, 0.717) is 19.6 Å². The fraction of sp³-hybridized carbons (Fsp3) is 0.556. The number of carbonyl (C=O) groups is 2. The van der Waals surface area contributed by atoms with Crippen LogP contribution in [-0.2, 0) is 9.53 Å². The molecule has 1 aromatic carbocycles. The highest BCUT2D eigenvalue weighted by Gasteiger charge is 2.34. The normalized spacial score (nSPS) is 27.0. The van der Waals surface area contributed by atoms with Crippen LogP contribution in [0.15, 0.2) is 24.3 Å². The summed E-state index contributed by atoms with van der Waals surface area (Å²) in [5.41, 5.74) is 2.25. The molecule has 3 rings (SSSR count). The van der Waals surface area contributed by atoms with Crippen LogP contribution in [-0.4, -0.2) is 47.7 Å². The second kappa shape index (κ2) is 7.21. The molecular formula is C18H24N2O4. The van der Waals surface area contributed by atoms with Crippen LogP contribution < -0.4 is 5.32 Å². The topological polar surface area (TPSA) is 78.9 Å². The molecule has 0 saturated carbocycles. The number of nitrogens with zero attached hydrogens (tertiary/aromatic N) is 1. The van der Waals surface area contributed by atoms with Gasteiger partial charge in [-0.3, -0.25) is 4.79 Å². The van der Waals surface area contributed by atoms with Gasteiger partial charge in [0.1, 0.15) is 6.10 Å². The summed E-state index contributed by atoms with van der Waals surface area (Å²) in [6.07, 6.45) is 2.14. The Morgan fingerprint density at radius 2 is 2.00 bits per heavy atom. The van der Waals surface area contributed by atoms with Crippen molar-refractivity contribution in [1.82, 2.24) is 10.2 Å². The molecule has 0 radical (unpaired) electrons. The van der Waals surface area contributed by atoms with Gasteiger partial charge in [0.15, 0.2) is 0 Å². The second-order valence-electron chi connectivity index (χ2n) is 6.67. The van der Waals surface area contributed by atoms with Crippen LogP contribution in [0.4, 0.5) is 4.79 Å². The predicted octanol–water partition coefficient (Wildman–Crippen LogP) is 2.33. The maximum Gasteiger partial charge on any atom is 0.317 e. The van der Waals surface area contributed by atoms with E-state index in [9.17, 15) is 9.59 Å². The fourth-order valence-corrected chi connectivity index (χ4v) is 3.41. The first-order valence-electron chi connectivity index (χ1n) is 8.51. The largest absolute Gasteiger partial charge is 0.481 e. The van der Waals surface area contributed by atoms with Crippen LogP contribution >= 0.6 is 0 Å². The van der Waals surface area contributed by atoms with Crippen LogP contribution in [0.2, 0.25) is 0 Å². The first-order chi connectivity index (χ1) is 11.5. The van der Waals surface area contributed by atoms with Crippen LogP contribution in [0.1, 0.15) is 36.5 Å². The number of hydrogen-bond acceptors (Lipinski definition) is 3. The highest BCUT2D eigenvalue weighted by Crippen LogP contribution is 2.29. The standard InChI is InChI=1S/C18H24N2O4/c1-12-4-6-13(7-5-12)16-15(3-2-10-24-16)19-18(23)20-9-8-14(11-20)17(21)22/h4-7,14-16H,2-3,8-11H2,1H3,(H,19,23)(H,21,22). The van der Waals surface area contributed by atoms with Crippen molar-refractivity contribution in [2.45, 2.75) is 38.3 Å². The van der Waals surface area contributed by atoms with Crippen LogP contribution in [0, 0.1) is 12.8 Å². The highest BCUT2D eigenvalue weighted by atomic mass is 16.5. The van der Waals surface area contributed by atoms with Crippen LogP contribution in [0.3, 0.4) is 0 Å². The van der Waals surface area contributed by atoms with Gasteiger partial charge in [0, 0.05) is 19.7 Å². The van der Waals surface area contributed by atoms with Crippen molar-refractivity contribution >= 4 is 12.0 Å². The van der Waals surface area contributed by atoms with Gasteiger partial charge in [-0.05, 0) is 31.7 Å². The average molecular weight is 332 g/mol. The van der Waals surface area contributed by atoms with Crippen molar-refractivity contribution in [3.05, 3.63) is 35.4 Å². The zero-order chi connectivity index (χ0) is 17.1. The molecule has 3 atom stereocenters. The summed E-state index contributed by atoms with van der Waals surface area (Å²) >= 11 is 0. The number of carboxylic acids is 1. The summed E-state index contributed by atoms with van der Waals surface area (Å²) in [5, 5.41) is 12.1. The number of nitrogens with one attached hydrogen (secondary N) is 1. The zero-order valence-electron chi connectivity index (χ0n) is 13.9. The SMILES string of the molecule is Cc1ccc(C2OCCCC2NC(=O)N2CCC(C(=O)O)C2)cc1. The summed E-state index contributed by atoms with van der Waals surface area (Å²) in [4.78, 5) is 25.1. The van der Waals surface area contributed by atoms with E-state index >= 15 is 0 Å². The van der Waals surface area contributed by atoms with Crippen molar-refractivity contribution in [3.63, 3.8) is 0 Å². The number of aliphatic carboxylic acids is 1. The summed E-state index contributed by atoms with van der Waals surface area (Å²) in [6, 6.07) is 7.90. The Balaban J connectivity index is 1.64. The molecule has 0 spiro atoms. The molecule has 0 aromatic heterocycles. The number of carbonyl (C=O) groups excluding carboxylic acids is 1. The van der Waals surface area contributed by atoms with E-state index in [1.807, 2.05) is 31.2 Å². The lowest BCUT2D eigenvalue weighted by Gasteiger charge is -2.34. The average Bonchev–Trinajstić information content (AvgIpc) is 3.07. The smallest absolute Gasteiger partial charge is 0.317 e. The van der Waals surface area contributed by atoms with E-state index in [1.165, 1.54) is 5.56 Å². The third kappa shape index (κ3) is 3.70. The van der Waals surface area contributed by atoms with Crippen LogP contribution in [0.5, 0.6) is 0 Å². The molecule has 2 aliphatic heterocycles. The highest BCUT2D eigenvalue weighted by molar-refractivity contribution is 5.77. The minimum Gasteiger partial charge on any atom is -0.481 e. The molecule has 2 saturated heterocycles. The number of urea groups is 1. The molecule has 24 heavy (non-hydrogen) atoms. The van der Waals surface area contributed by atoms with Crippen molar-refractivity contribution in [2.75, 3.05) is 19.7 Å². The molecule has 2 fully saturated rings. The molecule has 1 aromatic rings. The zero-order valence-corrected chi connectivity index (χ0v) is 13.9. The number of ether oxygens (including phenoxy) is 1. The summed E-state index contributed by atoms with van der Waals surface area (Å²) in [6.45, 7) is 3.50. The Kier molecular flexibility index (Phi) is 5.04. The molecule has 2 heterocycles. The summed E-state index contributed by atoms with van der Waals surface area (Å²) in [5.74, 6) is -1.28. The van der Waals surface area contributed by atoms with Crippen molar-refractivity contribution in [3.8, 4) is 0 Å². The molecule has 0 bridgehead atoms. The Morgan fingerprint density at radius 1 is 1.25 bits per heavy atom. The molecule has 3 unspecified atom stereocenters. The van der Waals surface area contributed by atoms with E-state index < -0.39 is 11.9 Å². The molecule has 6 heteroatoms. The van der Waals surface area contributed by atoms with E-state index in [2.05, 4.69) is 5.32 Å². The van der Waals surface area contributed by atoms with E-state index in [-0.39, 0.29) is 24.7 Å². The summed E-state index contributed by atoms with van der Waals surface area (Å²) < 4.78 is 5.91. The third-order valence-electron chi connectivity index (χ3n) is 4.86. The third-order valence-corrected chi connectivity index (χ3v) is 4.86. The molecular weight excluding hydrogens is 308 g/mol. The van der Waals surface area contributed by atoms with Gasteiger partial charge < -0.3 is 20.1 Å². The molecule has 6 nitrogen and oxygen atoms in total. The number of benzene rings is 1. The van der Waals surface area contributed by atoms with Gasteiger partial charge in [-0.25, -0.2) is 4.79 Å². The molecule has 2 amide bonds. The minimum absolute atomic E-state index is 0.0853. The second-order valence-corrected chi connectivity index (χ2v) is 6.67. The van der Waals surface area contributed by atoms with Gasteiger partial charge in [-0.1, -0.05) is 29.8 Å². The molecule has 130 valence electrons. The number of carboxylic acid groups (broad SMARTS) is 1. The van der Waals surface area contributed by atoms with Gasteiger partial charge in [-0.2, -0.15) is 0 Å². The number of hydrogen-bond donors (Lipinski definition) is 2. The number of likely N-dealkylation sites (tertiary alicyclic amines) is 1. The lowest BCUT2D eigenvalue weighted by molar-refractivity contribution is -0.141. The fourth-order valence-electron chi connectivity index (χ4n) is 3.41. The molecule has 2 aliphatic rings. The van der Waals surface area contributed by atoms with Gasteiger partial charge in [0.25, 0.3) is 0 Å². The number of amides is 2. The first kappa shape index (κ1) is 16.8. The van der Waals surface area contributed by atoms with Gasteiger partial charge in [0.05, 0.1) is 12.0 Å². The van der Waals surface area contributed by atoms with Crippen LogP contribution in [0.25, 0.3) is 0 Å². The predicted molar refractivity (Wildman–Crippen MR) is 88.7 cm³/mol. The first-order valence-corrected chi connectivity index (χ1v) is 8.51. The lowest BCUT2D eigenvalue weighted by atomic mass is 9.95. The molecule has 2 N–H and O–H groups in total. The maximum atomic E-state index is 12.5. The Labute approximate surface area is 141 Å². The maximum absolute atomic E-state index is 12.5. The van der Waals surface area contributed by atoms with Gasteiger partial charge in [-0.15, -0.1) is 0 Å². The van der Waals surface area contributed by atoms with E-state index in [0.717, 1.165) is 18.4 Å². The Bertz CT molecular complexity index is 602. The van der Waals surface area contributed by atoms with Crippen molar-refractivity contribution in [2.24, 2.45) is 5.92 Å². The lowest BCUT2D eigenvalue weighted by Crippen LogP contribution is -2.48. The number of rotatable bonds is 3.